The van der Waals surface area contributed by atoms with Gasteiger partial charge in [-0.1, -0.05) is 61.4 Å². The van der Waals surface area contributed by atoms with E-state index >= 15 is 0 Å². The van der Waals surface area contributed by atoms with Crippen molar-refractivity contribution in [1.29, 1.82) is 0 Å². The fourth-order valence-corrected chi connectivity index (χ4v) is 13.6. The molecule has 1 atom stereocenters. The first kappa shape index (κ1) is 58.6. The molecule has 3 N–H and O–H groups in total. The first-order chi connectivity index (χ1) is 38.1. The number of sulfone groups is 1. The molecular formula is C56H64ClF3N10O7S3. The molecule has 4 aromatic carbocycles. The van der Waals surface area contributed by atoms with E-state index in [0.717, 1.165) is 74.7 Å². The molecule has 0 saturated carbocycles. The van der Waals surface area contributed by atoms with Crippen LogP contribution in [0.2, 0.25) is 5.02 Å². The molecule has 5 aromatic rings. The summed E-state index contributed by atoms with van der Waals surface area (Å²) < 4.78 is 99.4. The number of carbonyl (C=O) groups is 3. The van der Waals surface area contributed by atoms with Crippen LogP contribution in [0, 0.1) is 5.41 Å². The van der Waals surface area contributed by atoms with E-state index in [-0.39, 0.29) is 29.9 Å². The fourth-order valence-electron chi connectivity index (χ4n) is 10.4. The minimum atomic E-state index is -6.13. The first-order valence-corrected chi connectivity index (χ1v) is 30.8. The van der Waals surface area contributed by atoms with E-state index in [9.17, 15) is 44.4 Å². The summed E-state index contributed by atoms with van der Waals surface area (Å²) in [6.45, 7) is 12.3. The number of nitrogens with one attached hydrogen (secondary N) is 3. The van der Waals surface area contributed by atoms with Crippen molar-refractivity contribution in [1.82, 2.24) is 34.9 Å². The Kier molecular flexibility index (Phi) is 18.3. The predicted molar refractivity (Wildman–Crippen MR) is 304 cm³/mol. The number of imide groups is 1. The number of urea groups is 1. The highest BCUT2D eigenvalue weighted by molar-refractivity contribution is 7.99. The molecular weight excluding hydrogens is 1110 g/mol. The normalized spacial score (nSPS) is 18.5. The molecule has 4 aliphatic rings. The predicted octanol–water partition coefficient (Wildman–Crippen LogP) is 8.56. The summed E-state index contributed by atoms with van der Waals surface area (Å²) >= 11 is 7.63. The van der Waals surface area contributed by atoms with Gasteiger partial charge in [0.1, 0.15) is 4.90 Å². The molecule has 4 heterocycles. The molecule has 0 spiro atoms. The van der Waals surface area contributed by atoms with Crippen LogP contribution in [-0.2, 0) is 31.2 Å². The van der Waals surface area contributed by atoms with E-state index in [4.69, 9.17) is 11.6 Å². The van der Waals surface area contributed by atoms with Gasteiger partial charge < -0.3 is 15.1 Å². The minimum absolute atomic E-state index is 0.0229. The Labute approximate surface area is 474 Å². The van der Waals surface area contributed by atoms with Gasteiger partial charge in [-0.3, -0.25) is 29.6 Å². The lowest BCUT2D eigenvalue weighted by atomic mass is 9.73. The first-order valence-electron chi connectivity index (χ1n) is 26.5. The van der Waals surface area contributed by atoms with Crippen molar-refractivity contribution in [3.63, 3.8) is 0 Å². The van der Waals surface area contributed by atoms with Crippen LogP contribution in [-0.4, -0.2) is 149 Å². The number of rotatable bonds is 19. The zero-order valence-electron chi connectivity index (χ0n) is 44.4. The molecule has 80 heavy (non-hydrogen) atoms. The zero-order chi connectivity index (χ0) is 56.8. The third-order valence-corrected chi connectivity index (χ3v) is 19.2. The summed E-state index contributed by atoms with van der Waals surface area (Å²) in [5.41, 5.74) is -0.503. The Morgan fingerprint density at radius 3 is 2.12 bits per heavy atom. The van der Waals surface area contributed by atoms with Crippen molar-refractivity contribution < 1.29 is 44.4 Å². The van der Waals surface area contributed by atoms with Crippen LogP contribution in [0.4, 0.5) is 35.2 Å². The molecule has 4 amide bonds. The Morgan fingerprint density at radius 2 is 1.46 bits per heavy atom. The number of hydrogen-bond acceptors (Lipinski definition) is 15. The molecule has 0 bridgehead atoms. The molecule has 3 aliphatic heterocycles. The Bertz CT molecular complexity index is 3290. The van der Waals surface area contributed by atoms with Gasteiger partial charge in [0.15, 0.2) is 5.82 Å². The highest BCUT2D eigenvalue weighted by Crippen LogP contribution is 2.43. The third-order valence-electron chi connectivity index (χ3n) is 15.0. The van der Waals surface area contributed by atoms with Gasteiger partial charge in [0.2, 0.25) is 5.91 Å². The maximum Gasteiger partial charge on any atom is 0.501 e. The van der Waals surface area contributed by atoms with Crippen LogP contribution >= 0.6 is 23.4 Å². The number of amides is 4. The smallest absolute Gasteiger partial charge is 0.380 e. The van der Waals surface area contributed by atoms with Crippen LogP contribution in [0.1, 0.15) is 67.6 Å². The SMILES string of the molecule is CC1(C)CCC(c2ccc(Cl)cc2)=C(CN2CCN(c3ccc(C(=O)NS(=O)(=O)c4ccc(N[C@H](CCN5CCN(Cc6ccc(N7CCC(=O)NC7=O)nn6)CC5)CSc5ccccc5)c(S(=O)(=O)C(F)(F)F)c4)cc3)CC2)C1. The van der Waals surface area contributed by atoms with Crippen molar-refractivity contribution in [3.05, 3.63) is 137 Å². The lowest BCUT2D eigenvalue weighted by molar-refractivity contribution is -0.120. The summed E-state index contributed by atoms with van der Waals surface area (Å²) in [6.07, 6.45) is 3.66. The van der Waals surface area contributed by atoms with Gasteiger partial charge in [-0.2, -0.15) is 18.3 Å². The lowest BCUT2D eigenvalue weighted by Crippen LogP contribution is -2.50. The largest absolute Gasteiger partial charge is 0.501 e. The van der Waals surface area contributed by atoms with Gasteiger partial charge in [-0.25, -0.2) is 26.4 Å². The van der Waals surface area contributed by atoms with Crippen LogP contribution in [0.5, 0.6) is 0 Å². The second-order valence-electron chi connectivity index (χ2n) is 21.3. The number of carbonyl (C=O) groups excluding carboxylic acids is 3. The number of sulfonamides is 1. The van der Waals surface area contributed by atoms with Crippen LogP contribution in [0.15, 0.2) is 129 Å². The molecule has 24 heteroatoms. The van der Waals surface area contributed by atoms with Gasteiger partial charge in [0, 0.05) is 118 Å². The molecule has 0 radical (unpaired) electrons. The van der Waals surface area contributed by atoms with Crippen molar-refractivity contribution >= 4 is 83.8 Å². The van der Waals surface area contributed by atoms with Gasteiger partial charge in [-0.15, -0.1) is 16.9 Å². The topological polar surface area (TPSA) is 198 Å². The van der Waals surface area contributed by atoms with Gasteiger partial charge in [0.25, 0.3) is 25.8 Å². The number of halogens is 4. The molecule has 17 nitrogen and oxygen atoms in total. The number of benzene rings is 4. The number of thioether (sulfide) groups is 1. The number of aromatic nitrogens is 2. The maximum atomic E-state index is 14.4. The van der Waals surface area contributed by atoms with E-state index in [1.54, 1.807) is 24.3 Å². The maximum absolute atomic E-state index is 14.4. The van der Waals surface area contributed by atoms with E-state index in [1.807, 2.05) is 47.2 Å². The second-order valence-corrected chi connectivity index (χ2v) is 26.4. The number of nitrogens with zero attached hydrogens (tertiary/aromatic N) is 7. The zero-order valence-corrected chi connectivity index (χ0v) is 47.6. The number of anilines is 3. The number of hydrogen-bond donors (Lipinski definition) is 3. The van der Waals surface area contributed by atoms with Crippen molar-refractivity contribution in [2.24, 2.45) is 5.41 Å². The standard InChI is InChI=1S/C56H64ClF3N10O7S3/c1-55(2)23-20-48(39-8-12-42(57)13-9-39)41(35-55)36-67-30-32-69(33-31-67)45-15-10-40(11-16-45)53(72)65-80(76,77)47-17-18-49(50(34-47)79(74,75)56(58,59)60)61-44(38-78-46-6-4-3-5-7-46)21-24-66-26-28-68(29-27-66)37-43-14-19-51(64-63-43)70-25-22-52(71)62-54(70)73/h3-19,34,44,61H,20-33,35-38H2,1-2H3,(H,65,72)(H,62,71,73)/t44-/m1/s1. The number of allylic oxidation sites excluding steroid dienone is 1. The highest BCUT2D eigenvalue weighted by Gasteiger charge is 2.48. The quantitative estimate of drug-likeness (QED) is 0.0665. The molecule has 1 aromatic heterocycles. The summed E-state index contributed by atoms with van der Waals surface area (Å²) in [6, 6.07) is 28.5. The Morgan fingerprint density at radius 1 is 0.787 bits per heavy atom. The Balaban J connectivity index is 0.826. The number of piperazine rings is 2. The highest BCUT2D eigenvalue weighted by atomic mass is 35.5. The van der Waals surface area contributed by atoms with Gasteiger partial charge in [0.05, 0.1) is 16.3 Å². The average Bonchev–Trinajstić information content (AvgIpc) is 3.44. The summed E-state index contributed by atoms with van der Waals surface area (Å²) in [4.78, 5) is 46.4. The van der Waals surface area contributed by atoms with Gasteiger partial charge >= 0.3 is 11.5 Å². The fraction of sp³-hybridized carbons (Fsp3) is 0.411. The summed E-state index contributed by atoms with van der Waals surface area (Å²) in [5, 5.41) is 14.5. The molecule has 426 valence electrons. The van der Waals surface area contributed by atoms with E-state index < -0.39 is 58.8 Å². The lowest BCUT2D eigenvalue weighted by Gasteiger charge is -2.39. The van der Waals surface area contributed by atoms with Gasteiger partial charge in [-0.05, 0) is 121 Å². The van der Waals surface area contributed by atoms with E-state index in [1.165, 1.54) is 45.5 Å². The minimum Gasteiger partial charge on any atom is -0.380 e. The van der Waals surface area contributed by atoms with Crippen LogP contribution in [0.3, 0.4) is 0 Å². The molecule has 1 aliphatic carbocycles. The van der Waals surface area contributed by atoms with Crippen LogP contribution in [0.25, 0.3) is 5.57 Å². The summed E-state index contributed by atoms with van der Waals surface area (Å²) in [7, 11) is -11.0. The van der Waals surface area contributed by atoms with E-state index in [2.05, 4.69) is 66.4 Å². The van der Waals surface area contributed by atoms with Crippen molar-refractivity contribution in [2.75, 3.05) is 92.9 Å². The third kappa shape index (κ3) is 14.7. The summed E-state index contributed by atoms with van der Waals surface area (Å²) in [5.74, 6) is -0.745. The van der Waals surface area contributed by atoms with E-state index in [0.29, 0.717) is 74.0 Å². The van der Waals surface area contributed by atoms with Crippen LogP contribution < -0.4 is 25.2 Å². The number of alkyl halides is 3. The second kappa shape index (κ2) is 25.0. The molecule has 3 fully saturated rings. The Hall–Kier alpha value is -6.08. The van der Waals surface area contributed by atoms with Crippen molar-refractivity contribution in [2.45, 2.75) is 78.7 Å². The average molecular weight is 1180 g/mol. The molecule has 0 unspecified atom stereocenters. The monoisotopic (exact) mass is 1180 g/mol. The molecule has 3 saturated heterocycles. The molecule has 9 rings (SSSR count). The van der Waals surface area contributed by atoms with Crippen molar-refractivity contribution in [3.8, 4) is 0 Å².